The van der Waals surface area contributed by atoms with Crippen LogP contribution in [0.4, 0.5) is 0 Å². The summed E-state index contributed by atoms with van der Waals surface area (Å²) >= 11 is 3.31. The zero-order chi connectivity index (χ0) is 9.84. The Morgan fingerprint density at radius 3 is 2.85 bits per heavy atom. The maximum atomic E-state index is 9.47. The summed E-state index contributed by atoms with van der Waals surface area (Å²) in [7, 11) is 1.47. The molecule has 0 saturated carbocycles. The summed E-state index contributed by atoms with van der Waals surface area (Å²) in [6.45, 7) is 1.77. The molecule has 70 valence electrons. The number of phenolic OH excluding ortho intramolecular Hbond substituents is 1. The van der Waals surface area contributed by atoms with Gasteiger partial charge in [0, 0.05) is 10.0 Å². The molecule has 0 amide bonds. The van der Waals surface area contributed by atoms with E-state index >= 15 is 0 Å². The first-order valence-corrected chi connectivity index (χ1v) is 4.51. The van der Waals surface area contributed by atoms with Gasteiger partial charge in [0.2, 0.25) is 0 Å². The average Bonchev–Trinajstić information content (AvgIpc) is 2.09. The number of hydrogen-bond acceptors (Lipinski definition) is 3. The lowest BCUT2D eigenvalue weighted by Gasteiger charge is -2.03. The maximum absolute atomic E-state index is 9.47. The van der Waals surface area contributed by atoms with Crippen molar-refractivity contribution in [2.75, 3.05) is 7.11 Å². The first kappa shape index (κ1) is 10.1. The van der Waals surface area contributed by atoms with Crippen LogP contribution in [0.5, 0.6) is 5.75 Å². The van der Waals surface area contributed by atoms with Crippen LogP contribution in [0.3, 0.4) is 0 Å². The number of hydrogen-bond donors (Lipinski definition) is 1. The normalized spacial score (nSPS) is 11.5. The van der Waals surface area contributed by atoms with Crippen molar-refractivity contribution in [1.82, 2.24) is 0 Å². The van der Waals surface area contributed by atoms with E-state index in [4.69, 9.17) is 0 Å². The molecular formula is C9H10BrNO2. The molecule has 3 nitrogen and oxygen atoms in total. The van der Waals surface area contributed by atoms with Gasteiger partial charge >= 0.3 is 0 Å². The molecule has 0 spiro atoms. The lowest BCUT2D eigenvalue weighted by molar-refractivity contribution is 0.213. The Bertz CT molecular complexity index is 336. The molecule has 0 unspecified atom stereocenters. The van der Waals surface area contributed by atoms with Gasteiger partial charge in [-0.1, -0.05) is 21.1 Å². The molecule has 0 aliphatic rings. The molecule has 0 saturated heterocycles. The van der Waals surface area contributed by atoms with Crippen molar-refractivity contribution in [2.45, 2.75) is 6.92 Å². The first-order chi connectivity index (χ1) is 6.15. The van der Waals surface area contributed by atoms with Gasteiger partial charge in [-0.15, -0.1) is 0 Å². The summed E-state index contributed by atoms with van der Waals surface area (Å²) in [5, 5.41) is 13.2. The highest BCUT2D eigenvalue weighted by Crippen LogP contribution is 2.22. The van der Waals surface area contributed by atoms with Crippen LogP contribution >= 0.6 is 15.9 Å². The molecule has 1 N–H and O–H groups in total. The molecule has 1 aromatic rings. The van der Waals surface area contributed by atoms with E-state index in [1.807, 2.05) is 0 Å². The van der Waals surface area contributed by atoms with Crippen molar-refractivity contribution >= 4 is 21.6 Å². The van der Waals surface area contributed by atoms with E-state index in [1.54, 1.807) is 25.1 Å². The summed E-state index contributed by atoms with van der Waals surface area (Å²) in [6, 6.07) is 5.15. The van der Waals surface area contributed by atoms with Crippen molar-refractivity contribution in [1.29, 1.82) is 0 Å². The molecule has 0 radical (unpaired) electrons. The Kier molecular flexibility index (Phi) is 3.31. The predicted molar refractivity (Wildman–Crippen MR) is 55.0 cm³/mol. The van der Waals surface area contributed by atoms with E-state index in [-0.39, 0.29) is 5.75 Å². The second kappa shape index (κ2) is 4.28. The fourth-order valence-corrected chi connectivity index (χ4v) is 1.35. The van der Waals surface area contributed by atoms with Gasteiger partial charge in [0.1, 0.15) is 12.9 Å². The Morgan fingerprint density at radius 1 is 1.54 bits per heavy atom. The third-order valence-electron chi connectivity index (χ3n) is 1.58. The smallest absolute Gasteiger partial charge is 0.124 e. The summed E-state index contributed by atoms with van der Waals surface area (Å²) < 4.78 is 0.894. The highest BCUT2D eigenvalue weighted by atomic mass is 79.9. The van der Waals surface area contributed by atoms with E-state index in [9.17, 15) is 5.11 Å². The number of nitrogens with zero attached hydrogens (tertiary/aromatic N) is 1. The molecule has 13 heavy (non-hydrogen) atoms. The molecule has 4 heteroatoms. The predicted octanol–water partition coefficient (Wildman–Crippen LogP) is 2.53. The van der Waals surface area contributed by atoms with Gasteiger partial charge in [0.05, 0.1) is 5.71 Å². The minimum Gasteiger partial charge on any atom is -0.507 e. The lowest BCUT2D eigenvalue weighted by Crippen LogP contribution is -1.95. The van der Waals surface area contributed by atoms with E-state index in [2.05, 4.69) is 25.9 Å². The Labute approximate surface area is 85.2 Å². The number of oxime groups is 1. The topological polar surface area (TPSA) is 41.8 Å². The first-order valence-electron chi connectivity index (χ1n) is 3.72. The van der Waals surface area contributed by atoms with Crippen molar-refractivity contribution in [3.05, 3.63) is 28.2 Å². The van der Waals surface area contributed by atoms with E-state index in [1.165, 1.54) is 7.11 Å². The molecule has 0 atom stereocenters. The highest BCUT2D eigenvalue weighted by Gasteiger charge is 2.05. The van der Waals surface area contributed by atoms with Crippen molar-refractivity contribution in [2.24, 2.45) is 5.16 Å². The molecule has 0 heterocycles. The van der Waals surface area contributed by atoms with Gasteiger partial charge in [0.25, 0.3) is 0 Å². The average molecular weight is 244 g/mol. The van der Waals surface area contributed by atoms with Crippen LogP contribution in [0.1, 0.15) is 12.5 Å². The van der Waals surface area contributed by atoms with Crippen LogP contribution in [-0.2, 0) is 4.84 Å². The van der Waals surface area contributed by atoms with Crippen molar-refractivity contribution in [3.8, 4) is 5.75 Å². The van der Waals surface area contributed by atoms with Crippen LogP contribution < -0.4 is 0 Å². The molecule has 0 fully saturated rings. The number of aromatic hydroxyl groups is 1. The lowest BCUT2D eigenvalue weighted by atomic mass is 10.1. The second-order valence-electron chi connectivity index (χ2n) is 2.52. The number of phenols is 1. The molecule has 1 rings (SSSR count). The van der Waals surface area contributed by atoms with E-state index < -0.39 is 0 Å². The molecule has 0 aliphatic heterocycles. The summed E-state index contributed by atoms with van der Waals surface area (Å²) in [6.07, 6.45) is 0. The SMILES string of the molecule is CO/N=C(/C)c1cc(Br)ccc1O. The molecule has 0 bridgehead atoms. The Morgan fingerprint density at radius 2 is 2.23 bits per heavy atom. The second-order valence-corrected chi connectivity index (χ2v) is 3.44. The standard InChI is InChI=1S/C9H10BrNO2/c1-6(11-13-2)8-5-7(10)3-4-9(8)12/h3-5,12H,1-2H3/b11-6-. The molecule has 0 aromatic heterocycles. The summed E-state index contributed by atoms with van der Waals surface area (Å²) in [5.41, 5.74) is 1.30. The third-order valence-corrected chi connectivity index (χ3v) is 2.07. The number of halogens is 1. The largest absolute Gasteiger partial charge is 0.507 e. The highest BCUT2D eigenvalue weighted by molar-refractivity contribution is 9.10. The fourth-order valence-electron chi connectivity index (χ4n) is 0.984. The van der Waals surface area contributed by atoms with Crippen LogP contribution in [-0.4, -0.2) is 17.9 Å². The molecular weight excluding hydrogens is 234 g/mol. The molecule has 1 aromatic carbocycles. The zero-order valence-electron chi connectivity index (χ0n) is 7.41. The Hall–Kier alpha value is -1.03. The van der Waals surface area contributed by atoms with E-state index in [0.717, 1.165) is 4.47 Å². The quantitative estimate of drug-likeness (QED) is 0.641. The zero-order valence-corrected chi connectivity index (χ0v) is 9.00. The van der Waals surface area contributed by atoms with Crippen LogP contribution in [0.2, 0.25) is 0 Å². The van der Waals surface area contributed by atoms with Crippen LogP contribution in [0.25, 0.3) is 0 Å². The monoisotopic (exact) mass is 243 g/mol. The van der Waals surface area contributed by atoms with Gasteiger partial charge in [-0.2, -0.15) is 0 Å². The van der Waals surface area contributed by atoms with Gasteiger partial charge in [-0.05, 0) is 25.1 Å². The molecule has 0 aliphatic carbocycles. The fraction of sp³-hybridized carbons (Fsp3) is 0.222. The summed E-state index contributed by atoms with van der Waals surface area (Å²) in [4.78, 5) is 4.61. The number of rotatable bonds is 2. The van der Waals surface area contributed by atoms with Gasteiger partial charge < -0.3 is 9.94 Å². The van der Waals surface area contributed by atoms with Gasteiger partial charge in [-0.3, -0.25) is 0 Å². The van der Waals surface area contributed by atoms with Gasteiger partial charge in [0.15, 0.2) is 0 Å². The van der Waals surface area contributed by atoms with Crippen molar-refractivity contribution < 1.29 is 9.94 Å². The van der Waals surface area contributed by atoms with Crippen molar-refractivity contribution in [3.63, 3.8) is 0 Å². The third kappa shape index (κ3) is 2.45. The maximum Gasteiger partial charge on any atom is 0.124 e. The minimum absolute atomic E-state index is 0.196. The minimum atomic E-state index is 0.196. The Balaban J connectivity index is 3.13. The number of benzene rings is 1. The van der Waals surface area contributed by atoms with E-state index in [0.29, 0.717) is 11.3 Å². The van der Waals surface area contributed by atoms with Gasteiger partial charge in [-0.25, -0.2) is 0 Å². The summed E-state index contributed by atoms with van der Waals surface area (Å²) in [5.74, 6) is 0.196. The van der Waals surface area contributed by atoms with Crippen LogP contribution in [0, 0.1) is 0 Å². The van der Waals surface area contributed by atoms with Crippen LogP contribution in [0.15, 0.2) is 27.8 Å².